The van der Waals surface area contributed by atoms with E-state index in [9.17, 15) is 4.79 Å². The van der Waals surface area contributed by atoms with E-state index < -0.39 is 9.64 Å². The monoisotopic (exact) mass is 638 g/mol. The zero-order chi connectivity index (χ0) is 26.0. The van der Waals surface area contributed by atoms with E-state index in [4.69, 9.17) is 26.2 Å². The van der Waals surface area contributed by atoms with Crippen LogP contribution in [0.3, 0.4) is 0 Å². The Morgan fingerprint density at radius 3 is 2.56 bits per heavy atom. The second-order valence-electron chi connectivity index (χ2n) is 8.10. The predicted octanol–water partition coefficient (Wildman–Crippen LogP) is 6.82. The van der Waals surface area contributed by atoms with Gasteiger partial charge in [0.25, 0.3) is 0 Å². The van der Waals surface area contributed by atoms with Crippen molar-refractivity contribution in [2.45, 2.75) is 23.9 Å². The lowest BCUT2D eigenvalue weighted by atomic mass is 10.1. The first-order valence-electron chi connectivity index (χ1n) is 10.8. The molecule has 0 aliphatic rings. The molecule has 3 N–H and O–H groups in total. The molecule has 2 aromatic heterocycles. The number of carboxylic acid groups (broad SMARTS) is 1. The fourth-order valence-corrected chi connectivity index (χ4v) is 5.78. The third-order valence-corrected chi connectivity index (χ3v) is 8.29. The topological polar surface area (TPSA) is 106 Å². The van der Waals surface area contributed by atoms with Crippen molar-refractivity contribution in [1.29, 1.82) is 0 Å². The molecular weight excluding hydrogens is 615 g/mol. The summed E-state index contributed by atoms with van der Waals surface area (Å²) in [5.41, 5.74) is 2.48. The fourth-order valence-electron chi connectivity index (χ4n) is 3.79. The molecule has 0 fully saturated rings. The third kappa shape index (κ3) is 5.60. The maximum Gasteiger partial charge on any atom is 0.404 e. The van der Waals surface area contributed by atoms with Crippen molar-refractivity contribution in [2.75, 3.05) is 19.5 Å². The van der Waals surface area contributed by atoms with Crippen molar-refractivity contribution in [3.63, 3.8) is 0 Å². The summed E-state index contributed by atoms with van der Waals surface area (Å²) in [5.74, 6) is 2.51. The molecule has 1 atom stereocenters. The largest absolute Gasteiger partial charge is 0.493 e. The first-order valence-corrected chi connectivity index (χ1v) is 13.1. The van der Waals surface area contributed by atoms with Crippen molar-refractivity contribution in [3.05, 3.63) is 63.8 Å². The van der Waals surface area contributed by atoms with Gasteiger partial charge in [-0.2, -0.15) is 0 Å². The average molecular weight is 639 g/mol. The molecule has 11 heteroatoms. The van der Waals surface area contributed by atoms with Crippen molar-refractivity contribution in [2.24, 2.45) is 0 Å². The highest BCUT2D eigenvalue weighted by atomic mass is 127. The normalized spacial score (nSPS) is 12.7. The number of fused-ring (bicyclic) bond motifs is 1. The number of hydrogen-bond donors (Lipinski definition) is 3. The minimum absolute atomic E-state index is 0.187. The van der Waals surface area contributed by atoms with Gasteiger partial charge < -0.3 is 25.2 Å². The summed E-state index contributed by atoms with van der Waals surface area (Å²) < 4.78 is 10.4. The van der Waals surface area contributed by atoms with Gasteiger partial charge in [-0.05, 0) is 77.9 Å². The number of thiophene rings is 1. The maximum atomic E-state index is 11.0. The zero-order valence-corrected chi connectivity index (χ0v) is 23.7. The smallest absolute Gasteiger partial charge is 0.404 e. The number of benzene rings is 2. The molecule has 0 aliphatic heterocycles. The van der Waals surface area contributed by atoms with Crippen LogP contribution in [-0.2, 0) is 10.1 Å². The lowest BCUT2D eigenvalue weighted by Crippen LogP contribution is -2.24. The van der Waals surface area contributed by atoms with E-state index in [0.29, 0.717) is 28.2 Å². The van der Waals surface area contributed by atoms with E-state index in [-0.39, 0.29) is 6.54 Å². The van der Waals surface area contributed by atoms with Crippen LogP contribution in [0, 0.1) is 6.92 Å². The number of rotatable bonds is 8. The van der Waals surface area contributed by atoms with Gasteiger partial charge in [-0.25, -0.2) is 14.8 Å². The van der Waals surface area contributed by atoms with E-state index in [0.717, 1.165) is 31.8 Å². The molecule has 4 aromatic rings. The van der Waals surface area contributed by atoms with Crippen LogP contribution in [0.15, 0.2) is 42.5 Å². The van der Waals surface area contributed by atoms with E-state index >= 15 is 0 Å². The van der Waals surface area contributed by atoms with Gasteiger partial charge in [-0.1, -0.05) is 17.7 Å². The quantitative estimate of drug-likeness (QED) is 0.110. The number of carbonyl (C=O) groups is 1. The molecule has 1 amide bonds. The molecule has 8 nitrogen and oxygen atoms in total. The minimum atomic E-state index is -1.08. The molecule has 4 rings (SSSR count). The van der Waals surface area contributed by atoms with Gasteiger partial charge in [0.15, 0.2) is 11.5 Å². The number of amides is 1. The number of nitrogens with one attached hydrogen (secondary N) is 2. The minimum Gasteiger partial charge on any atom is -0.493 e. The van der Waals surface area contributed by atoms with Gasteiger partial charge in [0.1, 0.15) is 15.2 Å². The molecule has 36 heavy (non-hydrogen) atoms. The Balaban J connectivity index is 1.70. The molecule has 0 bridgehead atoms. The van der Waals surface area contributed by atoms with E-state index in [1.54, 1.807) is 31.6 Å². The van der Waals surface area contributed by atoms with Crippen molar-refractivity contribution >= 4 is 68.3 Å². The van der Waals surface area contributed by atoms with Gasteiger partial charge >= 0.3 is 6.09 Å². The van der Waals surface area contributed by atoms with Crippen LogP contribution in [0.4, 0.5) is 10.6 Å². The Bertz CT molecular complexity index is 1440. The number of aromatic nitrogens is 2. The molecule has 188 valence electrons. The predicted molar refractivity (Wildman–Crippen MR) is 152 cm³/mol. The van der Waals surface area contributed by atoms with Crippen LogP contribution in [0.2, 0.25) is 5.02 Å². The van der Waals surface area contributed by atoms with Crippen LogP contribution in [0.5, 0.6) is 11.5 Å². The number of hydrogen-bond acceptors (Lipinski definition) is 7. The summed E-state index contributed by atoms with van der Waals surface area (Å²) >= 11 is 10.2. The number of halogens is 2. The van der Waals surface area contributed by atoms with Gasteiger partial charge in [0, 0.05) is 32.8 Å². The highest BCUT2D eigenvalue weighted by molar-refractivity contribution is 14.1. The van der Waals surface area contributed by atoms with Crippen LogP contribution in [0.25, 0.3) is 21.3 Å². The third-order valence-electron chi connectivity index (χ3n) is 5.50. The summed E-state index contributed by atoms with van der Waals surface area (Å²) in [4.78, 5) is 22.3. The number of ether oxygens (including phenoxy) is 2. The first kappa shape index (κ1) is 26.2. The Morgan fingerprint density at radius 1 is 1.14 bits per heavy atom. The van der Waals surface area contributed by atoms with Crippen molar-refractivity contribution in [1.82, 2.24) is 15.3 Å². The number of aryl methyl sites for hydroxylation is 1. The molecule has 0 radical (unpaired) electrons. The SMILES string of the molecule is COc1cc2nc(C)nc(NC(C)(I)c3ccc(-c4cc(Cl)ccc4CNC(=O)O)s3)c2cc1OC. The molecule has 0 aliphatic carbocycles. The first-order chi connectivity index (χ1) is 17.1. The molecule has 1 unspecified atom stereocenters. The lowest BCUT2D eigenvalue weighted by molar-refractivity contribution is 0.194. The number of anilines is 1. The second kappa shape index (κ2) is 10.7. The molecular formula is C25H24ClIN4O4S. The Hall–Kier alpha value is -2.83. The highest BCUT2D eigenvalue weighted by Gasteiger charge is 2.27. The van der Waals surface area contributed by atoms with Gasteiger partial charge in [0.05, 0.1) is 19.7 Å². The van der Waals surface area contributed by atoms with Crippen molar-refractivity contribution in [3.8, 4) is 21.9 Å². The summed E-state index contributed by atoms with van der Waals surface area (Å²) in [7, 11) is 3.19. The second-order valence-corrected chi connectivity index (χ2v) is 11.8. The number of methoxy groups -OCH3 is 2. The summed E-state index contributed by atoms with van der Waals surface area (Å²) in [5, 5.41) is 16.4. The molecule has 0 spiro atoms. The van der Waals surface area contributed by atoms with Crippen molar-refractivity contribution < 1.29 is 19.4 Å². The summed E-state index contributed by atoms with van der Waals surface area (Å²) in [6, 6.07) is 13.2. The molecule has 0 saturated carbocycles. The van der Waals surface area contributed by atoms with Crippen LogP contribution in [-0.4, -0.2) is 35.4 Å². The summed E-state index contributed by atoms with van der Waals surface area (Å²) in [6.07, 6.45) is -1.08. The average Bonchev–Trinajstić information content (AvgIpc) is 3.33. The highest BCUT2D eigenvalue weighted by Crippen LogP contribution is 2.43. The molecule has 2 heterocycles. The maximum absolute atomic E-state index is 11.0. The van der Waals surface area contributed by atoms with Gasteiger partial charge in [0.2, 0.25) is 0 Å². The van der Waals surface area contributed by atoms with E-state index in [1.165, 1.54) is 0 Å². The van der Waals surface area contributed by atoms with Crippen LogP contribution < -0.4 is 20.1 Å². The van der Waals surface area contributed by atoms with Crippen LogP contribution in [0.1, 0.15) is 23.2 Å². The van der Waals surface area contributed by atoms with Gasteiger partial charge in [-0.3, -0.25) is 0 Å². The lowest BCUT2D eigenvalue weighted by Gasteiger charge is -2.25. The zero-order valence-electron chi connectivity index (χ0n) is 20.0. The number of alkyl halides is 1. The van der Waals surface area contributed by atoms with E-state index in [2.05, 4.69) is 56.2 Å². The fraction of sp³-hybridized carbons (Fsp3) is 0.240. The Morgan fingerprint density at radius 2 is 1.86 bits per heavy atom. The standard InChI is InChI=1S/C25H24ClIN4O4S/c1-13-29-18-11-20(35-4)19(34-3)10-17(18)23(30-13)31-25(2,27)22-8-7-21(36-22)16-9-15(26)6-5-14(16)12-28-24(32)33/h5-11,28H,12H2,1-4H3,(H,32,33)(H,29,30,31). The Labute approximate surface area is 231 Å². The molecule has 0 saturated heterocycles. The van der Waals surface area contributed by atoms with Gasteiger partial charge in [-0.15, -0.1) is 11.3 Å². The summed E-state index contributed by atoms with van der Waals surface area (Å²) in [6.45, 7) is 4.10. The van der Waals surface area contributed by atoms with E-state index in [1.807, 2.05) is 37.3 Å². The molecule has 2 aromatic carbocycles. The number of nitrogens with zero attached hydrogens (tertiary/aromatic N) is 2. The van der Waals surface area contributed by atoms with Crippen LogP contribution >= 0.6 is 45.5 Å². The Kier molecular flexibility index (Phi) is 7.76.